The van der Waals surface area contributed by atoms with Gasteiger partial charge in [0.2, 0.25) is 0 Å². The van der Waals surface area contributed by atoms with E-state index in [2.05, 4.69) is 13.8 Å². The lowest BCUT2D eigenvalue weighted by Gasteiger charge is -2.45. The van der Waals surface area contributed by atoms with E-state index in [4.69, 9.17) is 4.74 Å². The highest BCUT2D eigenvalue weighted by molar-refractivity contribution is 5.90. The first-order valence-electron chi connectivity index (χ1n) is 5.51. The van der Waals surface area contributed by atoms with E-state index in [1.807, 2.05) is 0 Å². The predicted molar refractivity (Wildman–Crippen MR) is 54.8 cm³/mol. The first-order chi connectivity index (χ1) is 6.64. The maximum Gasteiger partial charge on any atom is 0.162 e. The van der Waals surface area contributed by atoms with E-state index in [1.54, 1.807) is 12.3 Å². The van der Waals surface area contributed by atoms with E-state index < -0.39 is 0 Å². The number of carbonyl (C=O) groups is 1. The molecule has 0 saturated heterocycles. The average Bonchev–Trinajstić information content (AvgIpc) is 2.14. The van der Waals surface area contributed by atoms with Crippen molar-refractivity contribution in [2.24, 2.45) is 11.8 Å². The van der Waals surface area contributed by atoms with Gasteiger partial charge in [-0.1, -0.05) is 20.3 Å². The number of ether oxygens (including phenoxy) is 1. The molecular weight excluding hydrogens is 176 g/mol. The molecule has 2 aliphatic rings. The molecule has 1 aliphatic carbocycles. The van der Waals surface area contributed by atoms with Crippen LogP contribution >= 0.6 is 0 Å². The van der Waals surface area contributed by atoms with E-state index >= 15 is 0 Å². The molecule has 1 heterocycles. The molecule has 0 aromatic heterocycles. The maximum absolute atomic E-state index is 11.4. The summed E-state index contributed by atoms with van der Waals surface area (Å²) in [7, 11) is 0. The van der Waals surface area contributed by atoms with Crippen molar-refractivity contribution in [3.05, 3.63) is 12.3 Å². The van der Waals surface area contributed by atoms with Crippen molar-refractivity contribution in [2.75, 3.05) is 0 Å². The smallest absolute Gasteiger partial charge is 0.162 e. The lowest BCUT2D eigenvalue weighted by Crippen LogP contribution is -2.47. The van der Waals surface area contributed by atoms with E-state index in [9.17, 15) is 4.79 Å². The minimum atomic E-state index is -0.177. The summed E-state index contributed by atoms with van der Waals surface area (Å²) in [6, 6.07) is 0. The maximum atomic E-state index is 11.4. The quantitative estimate of drug-likeness (QED) is 0.592. The zero-order chi connectivity index (χ0) is 10.2. The van der Waals surface area contributed by atoms with Gasteiger partial charge in [-0.25, -0.2) is 0 Å². The Balaban J connectivity index is 2.21. The zero-order valence-corrected chi connectivity index (χ0v) is 8.95. The lowest BCUT2D eigenvalue weighted by atomic mass is 9.68. The van der Waals surface area contributed by atoms with Crippen molar-refractivity contribution in [1.29, 1.82) is 0 Å². The Morgan fingerprint density at radius 1 is 1.50 bits per heavy atom. The summed E-state index contributed by atoms with van der Waals surface area (Å²) in [5.74, 6) is 1.38. The van der Waals surface area contributed by atoms with Crippen LogP contribution in [0, 0.1) is 11.8 Å². The van der Waals surface area contributed by atoms with Crippen molar-refractivity contribution in [3.8, 4) is 0 Å². The Morgan fingerprint density at radius 3 is 3.00 bits per heavy atom. The second-order valence-corrected chi connectivity index (χ2v) is 4.79. The van der Waals surface area contributed by atoms with Gasteiger partial charge in [0.15, 0.2) is 5.78 Å². The van der Waals surface area contributed by atoms with E-state index in [0.717, 1.165) is 6.42 Å². The third-order valence-corrected chi connectivity index (χ3v) is 3.97. The third kappa shape index (κ3) is 1.47. The monoisotopic (exact) mass is 194 g/mol. The Hall–Kier alpha value is -0.790. The SMILES string of the molecule is CC1CCCC2(CC(=O)C=CO2)C1C. The fraction of sp³-hybridized carbons (Fsp3) is 0.750. The molecule has 0 N–H and O–H groups in total. The minimum Gasteiger partial charge on any atom is -0.494 e. The first kappa shape index (κ1) is 9.75. The lowest BCUT2D eigenvalue weighted by molar-refractivity contribution is -0.132. The molecule has 0 aromatic rings. The van der Waals surface area contributed by atoms with Crippen LogP contribution in [0.4, 0.5) is 0 Å². The van der Waals surface area contributed by atoms with Crippen LogP contribution in [0.5, 0.6) is 0 Å². The van der Waals surface area contributed by atoms with Gasteiger partial charge in [0.25, 0.3) is 0 Å². The highest BCUT2D eigenvalue weighted by Crippen LogP contribution is 2.43. The van der Waals surface area contributed by atoms with Crippen molar-refractivity contribution >= 4 is 5.78 Å². The zero-order valence-electron chi connectivity index (χ0n) is 8.95. The highest BCUT2D eigenvalue weighted by atomic mass is 16.5. The predicted octanol–water partition coefficient (Wildman–Crippen LogP) is 2.68. The molecule has 1 saturated carbocycles. The number of ketones is 1. The topological polar surface area (TPSA) is 26.3 Å². The molecule has 78 valence electrons. The van der Waals surface area contributed by atoms with Crippen molar-refractivity contribution in [1.82, 2.24) is 0 Å². The summed E-state index contributed by atoms with van der Waals surface area (Å²) in [5, 5.41) is 0. The summed E-state index contributed by atoms with van der Waals surface area (Å²) < 4.78 is 5.76. The van der Waals surface area contributed by atoms with Gasteiger partial charge < -0.3 is 4.74 Å². The van der Waals surface area contributed by atoms with Crippen LogP contribution in [0.2, 0.25) is 0 Å². The molecule has 1 fully saturated rings. The summed E-state index contributed by atoms with van der Waals surface area (Å²) in [5.41, 5.74) is -0.177. The molecule has 2 heteroatoms. The molecule has 0 amide bonds. The number of hydrogen-bond acceptors (Lipinski definition) is 2. The number of rotatable bonds is 0. The van der Waals surface area contributed by atoms with Gasteiger partial charge in [0.05, 0.1) is 12.7 Å². The molecule has 3 unspecified atom stereocenters. The third-order valence-electron chi connectivity index (χ3n) is 3.97. The summed E-state index contributed by atoms with van der Waals surface area (Å²) in [6.07, 6.45) is 7.22. The minimum absolute atomic E-state index is 0.177. The van der Waals surface area contributed by atoms with Gasteiger partial charge in [0.1, 0.15) is 5.60 Å². The Kier molecular flexibility index (Phi) is 2.38. The Bertz CT molecular complexity index is 269. The van der Waals surface area contributed by atoms with Gasteiger partial charge in [-0.15, -0.1) is 0 Å². The first-order valence-corrected chi connectivity index (χ1v) is 5.51. The summed E-state index contributed by atoms with van der Waals surface area (Å²) in [4.78, 5) is 11.4. The van der Waals surface area contributed by atoms with E-state index in [-0.39, 0.29) is 11.4 Å². The van der Waals surface area contributed by atoms with Crippen LogP contribution in [0.1, 0.15) is 39.5 Å². The fourth-order valence-electron chi connectivity index (χ4n) is 2.78. The molecule has 0 aromatic carbocycles. The molecule has 0 bridgehead atoms. The van der Waals surface area contributed by atoms with Crippen LogP contribution in [0.15, 0.2) is 12.3 Å². The van der Waals surface area contributed by atoms with Crippen LogP contribution in [-0.2, 0) is 9.53 Å². The van der Waals surface area contributed by atoms with Gasteiger partial charge in [-0.05, 0) is 24.7 Å². The van der Waals surface area contributed by atoms with Gasteiger partial charge in [-0.2, -0.15) is 0 Å². The summed E-state index contributed by atoms with van der Waals surface area (Å²) in [6.45, 7) is 4.48. The molecular formula is C12H18O2. The van der Waals surface area contributed by atoms with Gasteiger partial charge in [-0.3, -0.25) is 4.79 Å². The molecule has 1 spiro atoms. The second-order valence-electron chi connectivity index (χ2n) is 4.79. The molecule has 3 atom stereocenters. The highest BCUT2D eigenvalue weighted by Gasteiger charge is 2.45. The van der Waals surface area contributed by atoms with Crippen molar-refractivity contribution in [3.63, 3.8) is 0 Å². The van der Waals surface area contributed by atoms with E-state index in [1.165, 1.54) is 12.8 Å². The largest absolute Gasteiger partial charge is 0.494 e. The molecule has 2 nitrogen and oxygen atoms in total. The molecule has 14 heavy (non-hydrogen) atoms. The molecule has 0 radical (unpaired) electrons. The van der Waals surface area contributed by atoms with Crippen LogP contribution in [-0.4, -0.2) is 11.4 Å². The van der Waals surface area contributed by atoms with Crippen LogP contribution in [0.25, 0.3) is 0 Å². The van der Waals surface area contributed by atoms with Crippen LogP contribution < -0.4 is 0 Å². The van der Waals surface area contributed by atoms with Gasteiger partial charge >= 0.3 is 0 Å². The van der Waals surface area contributed by atoms with Crippen molar-refractivity contribution < 1.29 is 9.53 Å². The normalized spacial score (nSPS) is 42.6. The van der Waals surface area contributed by atoms with Crippen molar-refractivity contribution in [2.45, 2.75) is 45.1 Å². The number of carbonyl (C=O) groups excluding carboxylic acids is 1. The number of allylic oxidation sites excluding steroid dienone is 1. The summed E-state index contributed by atoms with van der Waals surface area (Å²) >= 11 is 0. The standard InChI is InChI=1S/C12H18O2/c1-9-4-3-6-12(10(9)2)8-11(13)5-7-14-12/h5,7,9-10H,3-4,6,8H2,1-2H3. The second kappa shape index (κ2) is 3.41. The molecule has 2 rings (SSSR count). The van der Waals surface area contributed by atoms with Crippen LogP contribution in [0.3, 0.4) is 0 Å². The molecule has 1 aliphatic heterocycles. The van der Waals surface area contributed by atoms with Gasteiger partial charge in [0, 0.05) is 6.08 Å². The Labute approximate surface area is 85.3 Å². The average molecular weight is 194 g/mol. The number of hydrogen-bond donors (Lipinski definition) is 0. The fourth-order valence-corrected chi connectivity index (χ4v) is 2.78. The van der Waals surface area contributed by atoms with E-state index in [0.29, 0.717) is 18.3 Å². The Morgan fingerprint density at radius 2 is 2.29 bits per heavy atom.